The molecule has 0 atom stereocenters. The highest BCUT2D eigenvalue weighted by molar-refractivity contribution is 8.01. The molecule has 31 heavy (non-hydrogen) atoms. The number of carbonyl (C=O) groups excluding carboxylic acids is 2. The molecule has 1 aliphatic rings. The van der Waals surface area contributed by atoms with E-state index >= 15 is 0 Å². The third-order valence-electron chi connectivity index (χ3n) is 4.95. The minimum Gasteiger partial charge on any atom is -0.338 e. The second-order valence-corrected chi connectivity index (χ2v) is 9.24. The molecule has 0 N–H and O–H groups in total. The second kappa shape index (κ2) is 8.88. The smallest absolute Gasteiger partial charge is 0.338 e. The molecule has 1 fully saturated rings. The number of fused-ring (bicyclic) bond motifs is 1. The monoisotopic (exact) mass is 465 g/mol. The van der Waals surface area contributed by atoms with Crippen LogP contribution in [0.1, 0.15) is 15.9 Å². The van der Waals surface area contributed by atoms with Crippen molar-refractivity contribution in [3.05, 3.63) is 59.7 Å². The average Bonchev–Trinajstić information content (AvgIpc) is 3.19. The van der Waals surface area contributed by atoms with Crippen LogP contribution in [0, 0.1) is 0 Å². The molecule has 0 bridgehead atoms. The second-order valence-electron chi connectivity index (χ2n) is 6.99. The molecule has 5 nitrogen and oxygen atoms in total. The first-order chi connectivity index (χ1) is 14.8. The maximum atomic E-state index is 12.9. The molecular weight excluding hydrogens is 447 g/mol. The number of amides is 2. The molecule has 162 valence electrons. The Morgan fingerprint density at radius 1 is 1.00 bits per heavy atom. The molecule has 2 aromatic carbocycles. The summed E-state index contributed by atoms with van der Waals surface area (Å²) < 4.78 is 40.6. The molecule has 1 aromatic heterocycles. The molecule has 0 radical (unpaired) electrons. The van der Waals surface area contributed by atoms with Crippen molar-refractivity contribution in [3.63, 3.8) is 0 Å². The summed E-state index contributed by atoms with van der Waals surface area (Å²) in [5, 5.41) is 0. The van der Waals surface area contributed by atoms with Crippen molar-refractivity contribution < 1.29 is 22.8 Å². The van der Waals surface area contributed by atoms with Crippen LogP contribution in [-0.2, 0) is 11.0 Å². The van der Waals surface area contributed by atoms with E-state index in [-0.39, 0.29) is 30.3 Å². The Balaban J connectivity index is 1.30. The zero-order valence-corrected chi connectivity index (χ0v) is 17.9. The van der Waals surface area contributed by atoms with Gasteiger partial charge in [-0.15, -0.1) is 11.3 Å². The van der Waals surface area contributed by atoms with Gasteiger partial charge in [-0.25, -0.2) is 4.98 Å². The molecule has 0 spiro atoms. The van der Waals surface area contributed by atoms with Gasteiger partial charge >= 0.3 is 6.18 Å². The van der Waals surface area contributed by atoms with Crippen LogP contribution < -0.4 is 0 Å². The van der Waals surface area contributed by atoms with Crippen LogP contribution in [0.4, 0.5) is 13.2 Å². The Kier molecular flexibility index (Phi) is 6.19. The zero-order chi connectivity index (χ0) is 22.0. The Hall–Kier alpha value is -2.59. The lowest BCUT2D eigenvalue weighted by Gasteiger charge is -2.34. The Morgan fingerprint density at radius 3 is 2.42 bits per heavy atom. The van der Waals surface area contributed by atoms with Gasteiger partial charge in [0.15, 0.2) is 4.34 Å². The molecular formula is C21H18F3N3O2S2. The van der Waals surface area contributed by atoms with Crippen molar-refractivity contribution in [2.45, 2.75) is 10.5 Å². The maximum absolute atomic E-state index is 12.9. The number of thioether (sulfide) groups is 1. The molecule has 2 heterocycles. The summed E-state index contributed by atoms with van der Waals surface area (Å²) >= 11 is 2.92. The van der Waals surface area contributed by atoms with Gasteiger partial charge in [0.1, 0.15) is 0 Å². The summed E-state index contributed by atoms with van der Waals surface area (Å²) in [6.45, 7) is 1.27. The fourth-order valence-corrected chi connectivity index (χ4v) is 5.27. The van der Waals surface area contributed by atoms with E-state index in [1.54, 1.807) is 4.90 Å². The van der Waals surface area contributed by atoms with E-state index in [0.717, 1.165) is 26.7 Å². The van der Waals surface area contributed by atoms with Gasteiger partial charge in [-0.1, -0.05) is 30.0 Å². The molecule has 2 amide bonds. The first-order valence-corrected chi connectivity index (χ1v) is 11.3. The van der Waals surface area contributed by atoms with Crippen molar-refractivity contribution in [1.29, 1.82) is 0 Å². The summed E-state index contributed by atoms with van der Waals surface area (Å²) in [7, 11) is 0. The Bertz CT molecular complexity index is 1080. The number of aromatic nitrogens is 1. The molecule has 3 aromatic rings. The van der Waals surface area contributed by atoms with Crippen molar-refractivity contribution in [2.24, 2.45) is 0 Å². The molecule has 10 heteroatoms. The quantitative estimate of drug-likeness (QED) is 0.537. The predicted molar refractivity (Wildman–Crippen MR) is 114 cm³/mol. The minimum atomic E-state index is -4.50. The fourth-order valence-electron chi connectivity index (χ4n) is 3.30. The average molecular weight is 466 g/mol. The van der Waals surface area contributed by atoms with Crippen LogP contribution in [0.25, 0.3) is 10.2 Å². The number of thiazole rings is 1. The molecule has 0 unspecified atom stereocenters. The lowest BCUT2D eigenvalue weighted by Crippen LogP contribution is -2.51. The van der Waals surface area contributed by atoms with Crippen LogP contribution in [0.2, 0.25) is 0 Å². The summed E-state index contributed by atoms with van der Waals surface area (Å²) in [6, 6.07) is 12.2. The highest BCUT2D eigenvalue weighted by Gasteiger charge is 2.32. The molecule has 1 saturated heterocycles. The standard InChI is InChI=1S/C21H18F3N3O2S2/c22-21(23,24)15-5-3-4-14(12-15)19(29)27-10-8-26(9-11-27)18(28)13-30-20-25-16-6-1-2-7-17(16)31-20/h1-7,12H,8-11,13H2. The van der Waals surface area contributed by atoms with Crippen molar-refractivity contribution in [3.8, 4) is 0 Å². The van der Waals surface area contributed by atoms with Gasteiger partial charge in [-0.05, 0) is 30.3 Å². The van der Waals surface area contributed by atoms with Gasteiger partial charge in [0.25, 0.3) is 5.91 Å². The molecule has 1 aliphatic heterocycles. The first kappa shape index (κ1) is 21.6. The summed E-state index contributed by atoms with van der Waals surface area (Å²) in [5.74, 6) is -0.251. The third-order valence-corrected chi connectivity index (χ3v) is 7.11. The number of rotatable bonds is 4. The number of para-hydroxylation sites is 1. The van der Waals surface area contributed by atoms with Gasteiger partial charge in [-0.3, -0.25) is 9.59 Å². The number of benzene rings is 2. The highest BCUT2D eigenvalue weighted by Crippen LogP contribution is 2.30. The van der Waals surface area contributed by atoms with E-state index in [1.165, 1.54) is 40.1 Å². The van der Waals surface area contributed by atoms with Crippen LogP contribution in [-0.4, -0.2) is 58.5 Å². The van der Waals surface area contributed by atoms with E-state index in [4.69, 9.17) is 0 Å². The third kappa shape index (κ3) is 5.01. The predicted octanol–water partition coefficient (Wildman–Crippen LogP) is 4.39. The number of piperazine rings is 1. The Morgan fingerprint density at radius 2 is 1.71 bits per heavy atom. The van der Waals surface area contributed by atoms with Gasteiger partial charge < -0.3 is 9.80 Å². The van der Waals surface area contributed by atoms with Gasteiger partial charge in [0.2, 0.25) is 5.91 Å². The number of halogens is 3. The van der Waals surface area contributed by atoms with E-state index in [9.17, 15) is 22.8 Å². The first-order valence-electron chi connectivity index (χ1n) is 9.54. The number of alkyl halides is 3. The lowest BCUT2D eigenvalue weighted by atomic mass is 10.1. The molecule has 0 aliphatic carbocycles. The SMILES string of the molecule is O=C(CSc1nc2ccccc2s1)N1CCN(C(=O)c2cccc(C(F)(F)F)c2)CC1. The minimum absolute atomic E-state index is 0.000919. The van der Waals surface area contributed by atoms with E-state index in [2.05, 4.69) is 4.98 Å². The van der Waals surface area contributed by atoms with Gasteiger partial charge in [0.05, 0.1) is 21.5 Å². The van der Waals surface area contributed by atoms with Gasteiger partial charge in [-0.2, -0.15) is 13.2 Å². The van der Waals surface area contributed by atoms with Crippen molar-refractivity contribution in [2.75, 3.05) is 31.9 Å². The summed E-state index contributed by atoms with van der Waals surface area (Å²) in [4.78, 5) is 32.8. The van der Waals surface area contributed by atoms with Gasteiger partial charge in [0, 0.05) is 31.7 Å². The fraction of sp³-hybridized carbons (Fsp3) is 0.286. The lowest BCUT2D eigenvalue weighted by molar-refractivity contribution is -0.137. The van der Waals surface area contributed by atoms with Crippen LogP contribution in [0.5, 0.6) is 0 Å². The highest BCUT2D eigenvalue weighted by atomic mass is 32.2. The van der Waals surface area contributed by atoms with Crippen molar-refractivity contribution >= 4 is 45.1 Å². The summed E-state index contributed by atoms with van der Waals surface area (Å²) in [6.07, 6.45) is -4.50. The van der Waals surface area contributed by atoms with E-state index < -0.39 is 17.6 Å². The molecule has 4 rings (SSSR count). The summed E-state index contributed by atoms with van der Waals surface area (Å²) in [5.41, 5.74) is 0.0594. The van der Waals surface area contributed by atoms with E-state index in [0.29, 0.717) is 13.1 Å². The largest absolute Gasteiger partial charge is 0.416 e. The van der Waals surface area contributed by atoms with Crippen LogP contribution in [0.3, 0.4) is 0 Å². The Labute approximate surface area is 184 Å². The normalized spacial score (nSPS) is 14.8. The number of carbonyl (C=O) groups is 2. The number of hydrogen-bond acceptors (Lipinski definition) is 5. The van der Waals surface area contributed by atoms with Crippen LogP contribution in [0.15, 0.2) is 52.9 Å². The van der Waals surface area contributed by atoms with Crippen molar-refractivity contribution in [1.82, 2.24) is 14.8 Å². The molecule has 0 saturated carbocycles. The number of hydrogen-bond donors (Lipinski definition) is 0. The topological polar surface area (TPSA) is 53.5 Å². The van der Waals surface area contributed by atoms with Crippen LogP contribution >= 0.6 is 23.1 Å². The maximum Gasteiger partial charge on any atom is 0.416 e. The van der Waals surface area contributed by atoms with E-state index in [1.807, 2.05) is 24.3 Å². The number of nitrogens with zero attached hydrogens (tertiary/aromatic N) is 3. The zero-order valence-electron chi connectivity index (χ0n) is 16.3.